The van der Waals surface area contributed by atoms with Gasteiger partial charge in [0.05, 0.1) is 0 Å². The van der Waals surface area contributed by atoms with Crippen molar-refractivity contribution in [2.45, 2.75) is 129 Å². The fourth-order valence-corrected chi connectivity index (χ4v) is 4.40. The number of amides is 2. The highest BCUT2D eigenvalue weighted by atomic mass is 16.4. The Balaban J connectivity index is 2.26. The van der Waals surface area contributed by atoms with Crippen LogP contribution in [0, 0.1) is 5.92 Å². The molecule has 0 heterocycles. The minimum Gasteiger partial charge on any atom is -0.480 e. The van der Waals surface area contributed by atoms with Gasteiger partial charge in [0.25, 0.3) is 0 Å². The van der Waals surface area contributed by atoms with Gasteiger partial charge in [-0.25, -0.2) is 4.79 Å². The highest BCUT2D eigenvalue weighted by Gasteiger charge is 2.28. The van der Waals surface area contributed by atoms with Gasteiger partial charge in [-0.15, -0.1) is 0 Å². The number of hydrogen-bond acceptors (Lipinski definition) is 3. The molecule has 36 heavy (non-hydrogen) atoms. The maximum absolute atomic E-state index is 12.8. The maximum atomic E-state index is 12.8. The summed E-state index contributed by atoms with van der Waals surface area (Å²) in [7, 11) is 0. The Morgan fingerprint density at radius 2 is 1.25 bits per heavy atom. The fraction of sp³-hybridized carbons (Fsp3) is 0.700. The van der Waals surface area contributed by atoms with Gasteiger partial charge in [0.1, 0.15) is 12.1 Å². The molecule has 0 radical (unpaired) electrons. The molecule has 0 bridgehead atoms. The van der Waals surface area contributed by atoms with Crippen LogP contribution in [0.4, 0.5) is 0 Å². The van der Waals surface area contributed by atoms with E-state index in [-0.39, 0.29) is 18.2 Å². The molecule has 0 fully saturated rings. The molecule has 0 spiro atoms. The minimum atomic E-state index is -1.09. The van der Waals surface area contributed by atoms with Gasteiger partial charge in [-0.1, -0.05) is 128 Å². The molecule has 0 aliphatic carbocycles. The number of carbonyl (C=O) groups excluding carboxylic acids is 2. The number of aliphatic carboxylic acids is 1. The first-order valence-electron chi connectivity index (χ1n) is 14.2. The van der Waals surface area contributed by atoms with Crippen molar-refractivity contribution in [2.75, 3.05) is 0 Å². The summed E-state index contributed by atoms with van der Waals surface area (Å²) in [6.45, 7) is 5.95. The summed E-state index contributed by atoms with van der Waals surface area (Å²) in [6.07, 6.45) is 16.8. The van der Waals surface area contributed by atoms with Crippen molar-refractivity contribution in [3.63, 3.8) is 0 Å². The molecule has 0 aromatic heterocycles. The monoisotopic (exact) mass is 502 g/mol. The molecule has 2 amide bonds. The molecule has 6 nitrogen and oxygen atoms in total. The summed E-state index contributed by atoms with van der Waals surface area (Å²) in [4.78, 5) is 37.0. The van der Waals surface area contributed by atoms with Crippen LogP contribution in [0.5, 0.6) is 0 Å². The molecule has 2 unspecified atom stereocenters. The van der Waals surface area contributed by atoms with Crippen molar-refractivity contribution >= 4 is 17.8 Å². The number of carboxylic acid groups (broad SMARTS) is 1. The summed E-state index contributed by atoms with van der Waals surface area (Å²) >= 11 is 0. The third-order valence-corrected chi connectivity index (χ3v) is 6.67. The SMILES string of the molecule is CCCCCCCCCCCCCCCC(=O)NC(C(=O)NC(Cc1ccccc1)C(=O)O)C(C)C. The lowest BCUT2D eigenvalue weighted by molar-refractivity contribution is -0.142. The highest BCUT2D eigenvalue weighted by Crippen LogP contribution is 2.13. The second-order valence-corrected chi connectivity index (χ2v) is 10.4. The summed E-state index contributed by atoms with van der Waals surface area (Å²) in [5.41, 5.74) is 0.831. The van der Waals surface area contributed by atoms with Crippen molar-refractivity contribution in [3.8, 4) is 0 Å². The van der Waals surface area contributed by atoms with E-state index in [1.165, 1.54) is 64.2 Å². The Kier molecular flexibility index (Phi) is 17.4. The first-order chi connectivity index (χ1) is 17.3. The Bertz CT molecular complexity index is 736. The van der Waals surface area contributed by atoms with Crippen LogP contribution in [0.25, 0.3) is 0 Å². The van der Waals surface area contributed by atoms with E-state index < -0.39 is 24.0 Å². The molecule has 0 aliphatic heterocycles. The summed E-state index contributed by atoms with van der Waals surface area (Å²) < 4.78 is 0. The summed E-state index contributed by atoms with van der Waals surface area (Å²) in [6, 6.07) is 7.40. The van der Waals surface area contributed by atoms with Gasteiger partial charge in [0, 0.05) is 12.8 Å². The standard InChI is InChI=1S/C30H50N2O4/c1-4-5-6-7-8-9-10-11-12-13-14-15-19-22-27(33)32-28(24(2)3)29(34)31-26(30(35)36)23-25-20-17-16-18-21-25/h16-18,20-21,24,26,28H,4-15,19,22-23H2,1-3H3,(H,31,34)(H,32,33)(H,35,36). The van der Waals surface area contributed by atoms with E-state index in [2.05, 4.69) is 17.6 Å². The van der Waals surface area contributed by atoms with E-state index in [0.717, 1.165) is 24.8 Å². The maximum Gasteiger partial charge on any atom is 0.326 e. The van der Waals surface area contributed by atoms with Crippen LogP contribution in [-0.2, 0) is 20.8 Å². The average Bonchev–Trinajstić information content (AvgIpc) is 2.85. The van der Waals surface area contributed by atoms with Gasteiger partial charge < -0.3 is 15.7 Å². The van der Waals surface area contributed by atoms with Crippen LogP contribution in [0.3, 0.4) is 0 Å². The topological polar surface area (TPSA) is 95.5 Å². The molecule has 2 atom stereocenters. The number of benzene rings is 1. The number of rotatable bonds is 21. The van der Waals surface area contributed by atoms with Gasteiger partial charge in [-0.2, -0.15) is 0 Å². The molecular formula is C30H50N2O4. The van der Waals surface area contributed by atoms with Gasteiger partial charge in [0.2, 0.25) is 11.8 Å². The van der Waals surface area contributed by atoms with Gasteiger partial charge in [0.15, 0.2) is 0 Å². The largest absolute Gasteiger partial charge is 0.480 e. The van der Waals surface area contributed by atoms with E-state index in [1.807, 2.05) is 44.2 Å². The van der Waals surface area contributed by atoms with Crippen LogP contribution >= 0.6 is 0 Å². The molecule has 1 rings (SSSR count). The third kappa shape index (κ3) is 14.9. The molecule has 204 valence electrons. The van der Waals surface area contributed by atoms with Crippen LogP contribution < -0.4 is 10.6 Å². The van der Waals surface area contributed by atoms with E-state index in [4.69, 9.17) is 0 Å². The number of unbranched alkanes of at least 4 members (excludes halogenated alkanes) is 12. The van der Waals surface area contributed by atoms with Crippen molar-refractivity contribution in [1.82, 2.24) is 10.6 Å². The second kappa shape index (κ2) is 19.8. The van der Waals surface area contributed by atoms with Crippen LogP contribution in [0.2, 0.25) is 0 Å². The predicted octanol–water partition coefficient (Wildman–Crippen LogP) is 6.42. The molecule has 0 aliphatic rings. The number of nitrogens with one attached hydrogen (secondary N) is 2. The average molecular weight is 503 g/mol. The van der Waals surface area contributed by atoms with Gasteiger partial charge >= 0.3 is 5.97 Å². The molecular weight excluding hydrogens is 452 g/mol. The Morgan fingerprint density at radius 1 is 0.750 bits per heavy atom. The Hall–Kier alpha value is -2.37. The Morgan fingerprint density at radius 3 is 1.72 bits per heavy atom. The highest BCUT2D eigenvalue weighted by molar-refractivity contribution is 5.90. The zero-order chi connectivity index (χ0) is 26.6. The molecule has 0 saturated carbocycles. The lowest BCUT2D eigenvalue weighted by atomic mass is 10.0. The van der Waals surface area contributed by atoms with Gasteiger partial charge in [-0.05, 0) is 17.9 Å². The normalized spacial score (nSPS) is 12.8. The smallest absolute Gasteiger partial charge is 0.326 e. The van der Waals surface area contributed by atoms with Crippen molar-refractivity contribution < 1.29 is 19.5 Å². The lowest BCUT2D eigenvalue weighted by Crippen LogP contribution is -2.54. The molecule has 3 N–H and O–H groups in total. The number of carbonyl (C=O) groups is 3. The quantitative estimate of drug-likeness (QED) is 0.169. The van der Waals surface area contributed by atoms with Crippen molar-refractivity contribution in [1.29, 1.82) is 0 Å². The van der Waals surface area contributed by atoms with Crippen LogP contribution in [-0.4, -0.2) is 35.0 Å². The molecule has 1 aromatic carbocycles. The Labute approximate surface area is 219 Å². The third-order valence-electron chi connectivity index (χ3n) is 6.67. The summed E-state index contributed by atoms with van der Waals surface area (Å²) in [5.74, 6) is -1.84. The van der Waals surface area contributed by atoms with Crippen molar-refractivity contribution in [3.05, 3.63) is 35.9 Å². The first-order valence-corrected chi connectivity index (χ1v) is 14.2. The minimum absolute atomic E-state index is 0.147. The summed E-state index contributed by atoms with van der Waals surface area (Å²) in [5, 5.41) is 15.0. The van der Waals surface area contributed by atoms with Crippen LogP contribution in [0.15, 0.2) is 30.3 Å². The molecule has 0 saturated heterocycles. The van der Waals surface area contributed by atoms with E-state index >= 15 is 0 Å². The fourth-order valence-electron chi connectivity index (χ4n) is 4.40. The zero-order valence-electron chi connectivity index (χ0n) is 22.9. The number of carboxylic acids is 1. The molecule has 1 aromatic rings. The predicted molar refractivity (Wildman–Crippen MR) is 147 cm³/mol. The lowest BCUT2D eigenvalue weighted by Gasteiger charge is -2.24. The van der Waals surface area contributed by atoms with E-state index in [9.17, 15) is 19.5 Å². The molecule has 6 heteroatoms. The first kappa shape index (κ1) is 31.7. The zero-order valence-corrected chi connectivity index (χ0v) is 22.9. The van der Waals surface area contributed by atoms with Crippen LogP contribution in [0.1, 0.15) is 116 Å². The second-order valence-electron chi connectivity index (χ2n) is 10.4. The number of hydrogen-bond donors (Lipinski definition) is 3. The van der Waals surface area contributed by atoms with Crippen molar-refractivity contribution in [2.24, 2.45) is 5.92 Å². The van der Waals surface area contributed by atoms with E-state index in [1.54, 1.807) is 0 Å². The van der Waals surface area contributed by atoms with Gasteiger partial charge in [-0.3, -0.25) is 9.59 Å². The van der Waals surface area contributed by atoms with E-state index in [0.29, 0.717) is 6.42 Å².